The summed E-state index contributed by atoms with van der Waals surface area (Å²) in [6.45, 7) is -1.19. The van der Waals surface area contributed by atoms with Crippen LogP contribution in [0, 0.1) is 0 Å². The molecule has 0 spiro atoms. The van der Waals surface area contributed by atoms with Gasteiger partial charge in [0.05, 0.1) is 56.5 Å². The topological polar surface area (TPSA) is 443 Å². The fourth-order valence-electron chi connectivity index (χ4n) is 10.8. The quantitative estimate of drug-likeness (QED) is 0.0308. The Bertz CT molecular complexity index is 3370. The summed E-state index contributed by atoms with van der Waals surface area (Å²) in [4.78, 5) is 56.9. The zero-order valence-corrected chi connectivity index (χ0v) is 46.9. The van der Waals surface area contributed by atoms with Crippen molar-refractivity contribution >= 4 is 74.0 Å². The van der Waals surface area contributed by atoms with Crippen molar-refractivity contribution in [1.29, 1.82) is 0 Å². The first-order chi connectivity index (χ1) is 41.0. The SMILES string of the molecule is COC1OC(COC2(C(=O)O)CC(O)C(NC(C)=O)C(C(O)C(O)Cn3cc(COCC(O)C(O)C(O)C(O)CNc4ccc(C(=O)Nc5ccc6cc(C(=O)N7CC(CCl)c8c7cc(O)c7ccccc87)[nH]c6c5)cc4)nn3)O2)C(O)C(O)C1O. The smallest absolute Gasteiger partial charge is 0.364 e. The molecule has 16 N–H and O–H groups in total. The van der Waals surface area contributed by atoms with Crippen LogP contribution in [-0.2, 0) is 46.4 Å². The van der Waals surface area contributed by atoms with Crippen molar-refractivity contribution < 1.29 is 104 Å². The number of carboxylic acid groups (broad SMARTS) is 1. The van der Waals surface area contributed by atoms with Crippen LogP contribution in [0.25, 0.3) is 21.7 Å². The molecule has 5 heterocycles. The number of hydrogen-bond donors (Lipinski definition) is 16. The second kappa shape index (κ2) is 26.9. The van der Waals surface area contributed by atoms with Gasteiger partial charge < -0.3 is 111 Å². The number of carbonyl (C=O) groups is 4. The first-order valence-electron chi connectivity index (χ1n) is 27.2. The van der Waals surface area contributed by atoms with Gasteiger partial charge in [0.2, 0.25) is 5.91 Å². The lowest BCUT2D eigenvalue weighted by Gasteiger charge is -2.47. The van der Waals surface area contributed by atoms with Crippen LogP contribution in [0.4, 0.5) is 17.1 Å². The van der Waals surface area contributed by atoms with Crippen LogP contribution in [0.15, 0.2) is 85.1 Å². The number of amides is 3. The Morgan fingerprint density at radius 2 is 1.59 bits per heavy atom. The molecule has 6 aromatic rings. The number of nitrogens with zero attached hydrogens (tertiary/aromatic N) is 4. The number of H-pyrrole nitrogens is 1. The van der Waals surface area contributed by atoms with Crippen LogP contribution in [0.3, 0.4) is 0 Å². The van der Waals surface area contributed by atoms with Gasteiger partial charge in [-0.25, -0.2) is 9.48 Å². The van der Waals surface area contributed by atoms with Gasteiger partial charge in [-0.15, -0.1) is 16.7 Å². The van der Waals surface area contributed by atoms with Crippen LogP contribution < -0.4 is 20.9 Å². The van der Waals surface area contributed by atoms with Gasteiger partial charge in [0.25, 0.3) is 17.6 Å². The Morgan fingerprint density at radius 3 is 2.29 bits per heavy atom. The summed E-state index contributed by atoms with van der Waals surface area (Å²) in [5, 5.41) is 146. The van der Waals surface area contributed by atoms with Gasteiger partial charge in [-0.3, -0.25) is 14.4 Å². The van der Waals surface area contributed by atoms with Crippen molar-refractivity contribution in [2.75, 3.05) is 54.8 Å². The molecule has 2 aromatic heterocycles. The standard InChI is InChI=1S/C56H67ClN8O21/c1-25(66)59-44-38(68)16-56(55(80)81,84-24-42-48(75)49(76)50(77)54(82-2)85-42)86-51(44)47(74)40(70)21-64-20-31(62-63-64)22-83-23-41(71)46(73)45(72)39(69)18-58-29-10-7-26(8-11-29)52(78)60-30-12-9-27-13-35(61-34(27)14-30)53(79)65-19-28(17-57)43-33-6-4-3-5-32(33)37(67)15-36(43)65/h3-15,20,28,38-42,44-51,54,58,61,67-77H,16-19,21-24H2,1-2H3,(H,59,66)(H,60,78)(H,80,81). The molecule has 0 bridgehead atoms. The maximum absolute atomic E-state index is 14.0. The highest BCUT2D eigenvalue weighted by Crippen LogP contribution is 2.46. The predicted octanol–water partition coefficient (Wildman–Crippen LogP) is -1.45. The molecule has 3 aliphatic rings. The number of methoxy groups -OCH3 is 1. The van der Waals surface area contributed by atoms with E-state index in [1.54, 1.807) is 47.4 Å². The molecule has 30 heteroatoms. The highest BCUT2D eigenvalue weighted by Gasteiger charge is 2.57. The fourth-order valence-corrected chi connectivity index (χ4v) is 11.0. The second-order valence-electron chi connectivity index (χ2n) is 21.4. The molecule has 4 aromatic carbocycles. The molecule has 0 radical (unpaired) electrons. The van der Waals surface area contributed by atoms with E-state index in [-0.39, 0.29) is 47.9 Å². The van der Waals surface area contributed by atoms with Crippen LogP contribution in [-0.4, -0.2) is 236 Å². The summed E-state index contributed by atoms with van der Waals surface area (Å²) in [5.41, 5.74) is 3.62. The fraction of sp³-hybridized carbons (Fsp3) is 0.464. The zero-order chi connectivity index (χ0) is 61.9. The number of aliphatic hydroxyl groups excluding tert-OH is 10. The molecule has 0 aliphatic carbocycles. The number of hydrogen-bond acceptors (Lipinski definition) is 23. The number of phenols is 1. The summed E-state index contributed by atoms with van der Waals surface area (Å²) >= 11 is 6.39. The monoisotopic (exact) mass is 1220 g/mol. The van der Waals surface area contributed by atoms with Crippen molar-refractivity contribution in [2.45, 2.75) is 124 Å². The molecule has 86 heavy (non-hydrogen) atoms. The lowest BCUT2D eigenvalue weighted by molar-refractivity contribution is -0.336. The Hall–Kier alpha value is -7.01. The Labute approximate surface area is 493 Å². The Balaban J connectivity index is 0.720. The number of aromatic hydroxyl groups is 1. The van der Waals surface area contributed by atoms with E-state index in [4.69, 9.17) is 35.3 Å². The van der Waals surface area contributed by atoms with E-state index in [0.29, 0.717) is 40.2 Å². The van der Waals surface area contributed by atoms with E-state index in [1.165, 1.54) is 18.3 Å². The van der Waals surface area contributed by atoms with E-state index < -0.39 is 135 Å². The van der Waals surface area contributed by atoms with Gasteiger partial charge in [0.1, 0.15) is 78.2 Å². The first-order valence-corrected chi connectivity index (χ1v) is 27.7. The summed E-state index contributed by atoms with van der Waals surface area (Å²) in [5.74, 6) is -5.93. The lowest BCUT2D eigenvalue weighted by atomic mass is 9.88. The largest absolute Gasteiger partial charge is 0.507 e. The number of phenolic OH excluding ortho intramolecular Hbond substituents is 1. The number of aliphatic hydroxyl groups is 10. The highest BCUT2D eigenvalue weighted by atomic mass is 35.5. The maximum Gasteiger partial charge on any atom is 0.364 e. The molecule has 2 saturated heterocycles. The summed E-state index contributed by atoms with van der Waals surface area (Å²) in [7, 11) is 1.14. The number of aliphatic carboxylic acids is 1. The first kappa shape index (κ1) is 63.5. The average Bonchev–Trinajstić information content (AvgIpc) is 2.10. The van der Waals surface area contributed by atoms with Crippen molar-refractivity contribution in [3.63, 3.8) is 0 Å². The molecule has 2 fully saturated rings. The molecular weight excluding hydrogens is 1160 g/mol. The van der Waals surface area contributed by atoms with Gasteiger partial charge in [-0.1, -0.05) is 35.5 Å². The zero-order valence-electron chi connectivity index (χ0n) is 46.1. The third-order valence-corrected chi connectivity index (χ3v) is 15.7. The number of anilines is 3. The summed E-state index contributed by atoms with van der Waals surface area (Å²) in [6, 6.07) is 20.5. The van der Waals surface area contributed by atoms with Crippen molar-refractivity contribution in [1.82, 2.24) is 25.3 Å². The van der Waals surface area contributed by atoms with Crippen molar-refractivity contribution in [3.05, 3.63) is 108 Å². The van der Waals surface area contributed by atoms with E-state index in [0.717, 1.165) is 35.1 Å². The van der Waals surface area contributed by atoms with Gasteiger partial charge >= 0.3 is 5.97 Å². The van der Waals surface area contributed by atoms with E-state index in [2.05, 4.69) is 31.2 Å². The molecule has 16 unspecified atom stereocenters. The van der Waals surface area contributed by atoms with E-state index >= 15 is 0 Å². The molecule has 29 nitrogen and oxygen atoms in total. The predicted molar refractivity (Wildman–Crippen MR) is 301 cm³/mol. The number of aromatic amines is 1. The Morgan fingerprint density at radius 1 is 0.884 bits per heavy atom. The number of halogens is 1. The van der Waals surface area contributed by atoms with Crippen LogP contribution in [0.5, 0.6) is 5.75 Å². The number of alkyl halides is 1. The van der Waals surface area contributed by atoms with Crippen molar-refractivity contribution in [2.24, 2.45) is 0 Å². The molecule has 3 aliphatic heterocycles. The number of nitrogens with one attached hydrogen (secondary N) is 4. The van der Waals surface area contributed by atoms with Crippen LogP contribution in [0.1, 0.15) is 51.4 Å². The third-order valence-electron chi connectivity index (χ3n) is 15.4. The number of ether oxygens (including phenoxy) is 5. The van der Waals surface area contributed by atoms with Crippen LogP contribution >= 0.6 is 11.6 Å². The summed E-state index contributed by atoms with van der Waals surface area (Å²) < 4.78 is 28.2. The molecule has 9 rings (SSSR count). The average molecular weight is 1220 g/mol. The molecule has 464 valence electrons. The normalized spacial score (nSPS) is 26.1. The van der Waals surface area contributed by atoms with Gasteiger partial charge in [-0.2, -0.15) is 0 Å². The minimum absolute atomic E-state index is 0.0544. The van der Waals surface area contributed by atoms with E-state index in [1.807, 2.05) is 24.3 Å². The molecule has 3 amide bonds. The lowest BCUT2D eigenvalue weighted by Crippen LogP contribution is -2.68. The molecular formula is C56H67ClN8O21. The minimum atomic E-state index is -2.79. The minimum Gasteiger partial charge on any atom is -0.507 e. The second-order valence-corrected chi connectivity index (χ2v) is 21.7. The third kappa shape index (κ3) is 13.6. The summed E-state index contributed by atoms with van der Waals surface area (Å²) in [6.07, 6.45) is -22.5. The maximum atomic E-state index is 14.0. The molecule has 0 saturated carbocycles. The van der Waals surface area contributed by atoms with Crippen LogP contribution in [0.2, 0.25) is 0 Å². The van der Waals surface area contributed by atoms with Gasteiger partial charge in [0.15, 0.2) is 6.29 Å². The Kier molecular flexibility index (Phi) is 19.9. The number of aromatic nitrogens is 4. The van der Waals surface area contributed by atoms with Gasteiger partial charge in [-0.05, 0) is 53.4 Å². The number of benzene rings is 4. The van der Waals surface area contributed by atoms with E-state index in [9.17, 15) is 80.5 Å². The van der Waals surface area contributed by atoms with Gasteiger partial charge in [0, 0.05) is 84.6 Å². The highest BCUT2D eigenvalue weighted by molar-refractivity contribution is 6.19. The molecule has 16 atom stereocenters. The number of rotatable bonds is 24. The number of fused-ring (bicyclic) bond motifs is 4. The number of carbonyl (C=O) groups excluding carboxylic acids is 3. The van der Waals surface area contributed by atoms with Crippen molar-refractivity contribution in [3.8, 4) is 5.75 Å². The number of carboxylic acids is 1.